The molecule has 1 aromatic heterocycles. The summed E-state index contributed by atoms with van der Waals surface area (Å²) in [5, 5.41) is 5.93. The van der Waals surface area contributed by atoms with E-state index in [1.807, 2.05) is 6.92 Å². The number of rotatable bonds is 7. The summed E-state index contributed by atoms with van der Waals surface area (Å²) in [7, 11) is 1.65. The van der Waals surface area contributed by atoms with Crippen molar-refractivity contribution in [2.75, 3.05) is 33.3 Å². The molecular weight excluding hydrogens is 514 g/mol. The number of aliphatic imine (C=N–C) groups is 1. The highest BCUT2D eigenvalue weighted by molar-refractivity contribution is 14.0. The number of halogens is 4. The van der Waals surface area contributed by atoms with Crippen LogP contribution < -0.4 is 15.4 Å². The Bertz CT molecular complexity index is 678. The minimum Gasteiger partial charge on any atom is -0.468 e. The zero-order chi connectivity index (χ0) is 21.3. The lowest BCUT2D eigenvalue weighted by molar-refractivity contribution is -0.154. The monoisotopic (exact) mass is 543 g/mol. The topological polar surface area (TPSA) is 78.9 Å². The van der Waals surface area contributed by atoms with Crippen LogP contribution in [-0.2, 0) is 11.3 Å². The molecule has 2 heterocycles. The Kier molecular flexibility index (Phi) is 11.2. The number of ether oxygens (including phenoxy) is 1. The van der Waals surface area contributed by atoms with Gasteiger partial charge in [-0.15, -0.1) is 24.0 Å². The fraction of sp³-hybridized carbons (Fsp3) is 0.632. The largest absolute Gasteiger partial charge is 0.468 e. The summed E-state index contributed by atoms with van der Waals surface area (Å²) in [6.45, 7) is 3.33. The van der Waals surface area contributed by atoms with Crippen molar-refractivity contribution in [3.63, 3.8) is 0 Å². The van der Waals surface area contributed by atoms with Crippen LogP contribution in [0.4, 0.5) is 13.2 Å². The molecule has 2 rings (SSSR count). The first kappa shape index (κ1) is 26.2. The molecule has 11 heteroatoms. The highest BCUT2D eigenvalue weighted by Crippen LogP contribution is 2.21. The second-order valence-corrected chi connectivity index (χ2v) is 6.89. The van der Waals surface area contributed by atoms with E-state index < -0.39 is 12.8 Å². The second kappa shape index (κ2) is 12.8. The maximum atomic E-state index is 12.2. The number of hydrogen-bond acceptors (Lipinski definition) is 4. The summed E-state index contributed by atoms with van der Waals surface area (Å²) in [5.41, 5.74) is 0.772. The number of hydrogen-bond donors (Lipinski definition) is 2. The number of pyridine rings is 1. The lowest BCUT2D eigenvalue weighted by atomic mass is 9.93. The molecule has 0 unspecified atom stereocenters. The number of alkyl halides is 3. The third kappa shape index (κ3) is 9.35. The number of piperidine rings is 1. The minimum absolute atomic E-state index is 0. The highest BCUT2D eigenvalue weighted by Gasteiger charge is 2.28. The van der Waals surface area contributed by atoms with Crippen LogP contribution >= 0.6 is 24.0 Å². The molecule has 0 spiro atoms. The number of aromatic nitrogens is 1. The maximum Gasteiger partial charge on any atom is 0.422 e. The molecule has 0 radical (unpaired) electrons. The van der Waals surface area contributed by atoms with Crippen molar-refractivity contribution in [3.8, 4) is 5.88 Å². The van der Waals surface area contributed by atoms with Gasteiger partial charge in [0.25, 0.3) is 0 Å². The van der Waals surface area contributed by atoms with Gasteiger partial charge in [0.1, 0.15) is 0 Å². The van der Waals surface area contributed by atoms with Crippen LogP contribution in [0.2, 0.25) is 0 Å². The van der Waals surface area contributed by atoms with E-state index in [1.54, 1.807) is 13.1 Å². The first-order chi connectivity index (χ1) is 13.8. The first-order valence-corrected chi connectivity index (χ1v) is 9.69. The normalized spacial score (nSPS) is 15.4. The number of carbonyl (C=O) groups excluding carboxylic acids is 1. The molecule has 2 N–H and O–H groups in total. The fourth-order valence-electron chi connectivity index (χ4n) is 3.05. The van der Waals surface area contributed by atoms with Crippen molar-refractivity contribution in [1.82, 2.24) is 20.5 Å². The van der Waals surface area contributed by atoms with E-state index in [2.05, 4.69) is 30.2 Å². The van der Waals surface area contributed by atoms with Gasteiger partial charge in [-0.05, 0) is 31.2 Å². The van der Waals surface area contributed by atoms with Gasteiger partial charge in [-0.3, -0.25) is 4.79 Å². The van der Waals surface area contributed by atoms with Crippen molar-refractivity contribution in [1.29, 1.82) is 0 Å². The van der Waals surface area contributed by atoms with Crippen molar-refractivity contribution in [2.24, 2.45) is 10.9 Å². The Morgan fingerprint density at radius 2 is 2.03 bits per heavy atom. The first-order valence-electron chi connectivity index (χ1n) is 9.69. The average Bonchev–Trinajstić information content (AvgIpc) is 2.70. The van der Waals surface area contributed by atoms with Gasteiger partial charge < -0.3 is 20.3 Å². The smallest absolute Gasteiger partial charge is 0.422 e. The fourth-order valence-corrected chi connectivity index (χ4v) is 3.05. The standard InChI is InChI=1S/C19H28F3N5O2.HI/c1-3-24-18(27-8-6-14(7-9-27)10-16(28)23-2)26-12-15-4-5-17(25-11-15)29-13-19(20,21)22;/h4-5,11,14H,3,6-10,12-13H2,1-2H3,(H,23,28)(H,24,26);1H. The Hall–Kier alpha value is -1.79. The van der Waals surface area contributed by atoms with E-state index in [0.717, 1.165) is 44.0 Å². The zero-order valence-corrected chi connectivity index (χ0v) is 19.5. The average molecular weight is 543 g/mol. The lowest BCUT2D eigenvalue weighted by Gasteiger charge is -2.34. The van der Waals surface area contributed by atoms with Gasteiger partial charge in [0.15, 0.2) is 12.6 Å². The van der Waals surface area contributed by atoms with E-state index in [1.165, 1.54) is 12.3 Å². The number of nitrogens with zero attached hydrogens (tertiary/aromatic N) is 3. The molecule has 7 nitrogen and oxygen atoms in total. The summed E-state index contributed by atoms with van der Waals surface area (Å²) >= 11 is 0. The Morgan fingerprint density at radius 1 is 1.33 bits per heavy atom. The van der Waals surface area contributed by atoms with Crippen LogP contribution in [0.1, 0.15) is 31.7 Å². The van der Waals surface area contributed by atoms with Gasteiger partial charge in [-0.25, -0.2) is 9.98 Å². The molecule has 30 heavy (non-hydrogen) atoms. The molecule has 0 aliphatic carbocycles. The van der Waals surface area contributed by atoms with Gasteiger partial charge in [0.2, 0.25) is 11.8 Å². The van der Waals surface area contributed by atoms with Crippen LogP contribution in [0.25, 0.3) is 0 Å². The number of amides is 1. The van der Waals surface area contributed by atoms with E-state index in [0.29, 0.717) is 18.9 Å². The van der Waals surface area contributed by atoms with Crippen LogP contribution in [0, 0.1) is 5.92 Å². The predicted molar refractivity (Wildman–Crippen MR) is 119 cm³/mol. The van der Waals surface area contributed by atoms with Crippen LogP contribution in [0.15, 0.2) is 23.3 Å². The summed E-state index contributed by atoms with van der Waals surface area (Å²) in [5.74, 6) is 1.16. The van der Waals surface area contributed by atoms with Crippen molar-refractivity contribution < 1.29 is 22.7 Å². The molecule has 1 aliphatic rings. The van der Waals surface area contributed by atoms with Crippen LogP contribution in [0.3, 0.4) is 0 Å². The van der Waals surface area contributed by atoms with Gasteiger partial charge in [-0.2, -0.15) is 13.2 Å². The quantitative estimate of drug-likeness (QED) is 0.314. The molecule has 1 amide bonds. The lowest BCUT2D eigenvalue weighted by Crippen LogP contribution is -2.46. The van der Waals surface area contributed by atoms with E-state index in [-0.39, 0.29) is 35.8 Å². The van der Waals surface area contributed by atoms with Gasteiger partial charge in [-0.1, -0.05) is 6.07 Å². The molecule has 0 bridgehead atoms. The van der Waals surface area contributed by atoms with E-state index >= 15 is 0 Å². The molecule has 170 valence electrons. The Morgan fingerprint density at radius 3 is 2.57 bits per heavy atom. The Balaban J connectivity index is 0.00000450. The second-order valence-electron chi connectivity index (χ2n) is 6.89. The summed E-state index contributed by atoms with van der Waals surface area (Å²) in [6, 6.07) is 3.06. The Labute approximate surface area is 191 Å². The number of likely N-dealkylation sites (tertiary alicyclic amines) is 1. The molecule has 1 saturated heterocycles. The summed E-state index contributed by atoms with van der Waals surface area (Å²) < 4.78 is 41.2. The van der Waals surface area contributed by atoms with Crippen molar-refractivity contribution in [2.45, 2.75) is 38.9 Å². The van der Waals surface area contributed by atoms with Crippen LogP contribution in [0.5, 0.6) is 5.88 Å². The van der Waals surface area contributed by atoms with Crippen molar-refractivity contribution in [3.05, 3.63) is 23.9 Å². The predicted octanol–water partition coefficient (Wildman–Crippen LogP) is 2.95. The highest BCUT2D eigenvalue weighted by atomic mass is 127. The molecule has 1 fully saturated rings. The number of guanidine groups is 1. The molecule has 0 saturated carbocycles. The summed E-state index contributed by atoms with van der Waals surface area (Å²) in [4.78, 5) is 22.2. The SMILES string of the molecule is CCNC(=NCc1ccc(OCC(F)(F)F)nc1)N1CCC(CC(=O)NC)CC1.I. The van der Waals surface area contributed by atoms with Gasteiger partial charge in [0, 0.05) is 45.4 Å². The van der Waals surface area contributed by atoms with Gasteiger partial charge >= 0.3 is 6.18 Å². The summed E-state index contributed by atoms with van der Waals surface area (Å²) in [6.07, 6.45) is -0.533. The number of carbonyl (C=O) groups is 1. The third-order valence-corrected chi connectivity index (χ3v) is 4.59. The molecule has 1 aliphatic heterocycles. The maximum absolute atomic E-state index is 12.2. The van der Waals surface area contributed by atoms with E-state index in [9.17, 15) is 18.0 Å². The zero-order valence-electron chi connectivity index (χ0n) is 17.2. The molecule has 1 aromatic rings. The third-order valence-electron chi connectivity index (χ3n) is 4.59. The van der Waals surface area contributed by atoms with E-state index in [4.69, 9.17) is 0 Å². The van der Waals surface area contributed by atoms with Gasteiger partial charge in [0.05, 0.1) is 6.54 Å². The van der Waals surface area contributed by atoms with Crippen LogP contribution in [-0.4, -0.2) is 61.2 Å². The molecule has 0 aromatic carbocycles. The molecule has 0 atom stereocenters. The molecular formula is C19H29F3IN5O2. The van der Waals surface area contributed by atoms with Crippen molar-refractivity contribution >= 4 is 35.8 Å². The number of nitrogens with one attached hydrogen (secondary N) is 2. The minimum atomic E-state index is -4.39.